The van der Waals surface area contributed by atoms with E-state index >= 15 is 0 Å². The van der Waals surface area contributed by atoms with Crippen LogP contribution in [0.5, 0.6) is 0 Å². The molecule has 1 aromatic rings. The van der Waals surface area contributed by atoms with Crippen LogP contribution in [0.15, 0.2) is 24.3 Å². The molecule has 0 aromatic heterocycles. The van der Waals surface area contributed by atoms with Gasteiger partial charge in [0, 0.05) is 38.0 Å². The van der Waals surface area contributed by atoms with Crippen molar-refractivity contribution < 1.29 is 14.0 Å². The van der Waals surface area contributed by atoms with E-state index in [0.717, 1.165) is 44.5 Å². The average Bonchev–Trinajstić information content (AvgIpc) is 2.99. The van der Waals surface area contributed by atoms with Gasteiger partial charge in [0.05, 0.1) is 0 Å². The second-order valence-electron chi connectivity index (χ2n) is 8.44. The Morgan fingerprint density at radius 2 is 1.85 bits per heavy atom. The molecule has 2 aliphatic rings. The van der Waals surface area contributed by atoms with Gasteiger partial charge in [0.15, 0.2) is 0 Å². The van der Waals surface area contributed by atoms with Crippen molar-refractivity contribution in [3.63, 3.8) is 0 Å². The number of piperidine rings is 1. The number of carbonyl (C=O) groups excluding carboxylic acids is 2. The highest BCUT2D eigenvalue weighted by Crippen LogP contribution is 2.39. The highest BCUT2D eigenvalue weighted by atomic mass is 19.1. The van der Waals surface area contributed by atoms with Gasteiger partial charge in [-0.15, -0.1) is 0 Å². The Morgan fingerprint density at radius 1 is 1.12 bits per heavy atom. The van der Waals surface area contributed by atoms with Crippen molar-refractivity contribution in [2.75, 3.05) is 26.2 Å². The second-order valence-corrected chi connectivity index (χ2v) is 8.44. The lowest BCUT2D eigenvalue weighted by Gasteiger charge is -2.40. The molecule has 2 saturated heterocycles. The van der Waals surface area contributed by atoms with E-state index in [-0.39, 0.29) is 28.8 Å². The number of benzene rings is 1. The van der Waals surface area contributed by atoms with E-state index in [1.54, 1.807) is 4.90 Å². The third kappa shape index (κ3) is 4.50. The molecule has 1 amide bonds. The molecule has 0 aliphatic carbocycles. The molecule has 26 heavy (non-hydrogen) atoms. The van der Waals surface area contributed by atoms with Gasteiger partial charge in [0.25, 0.3) is 5.91 Å². The number of likely N-dealkylation sites (tertiary alicyclic amines) is 2. The van der Waals surface area contributed by atoms with E-state index in [4.69, 9.17) is 0 Å². The molecule has 5 heteroatoms. The van der Waals surface area contributed by atoms with Crippen LogP contribution in [0.4, 0.5) is 4.39 Å². The molecule has 0 saturated carbocycles. The van der Waals surface area contributed by atoms with Crippen molar-refractivity contribution in [2.45, 2.75) is 46.1 Å². The maximum atomic E-state index is 13.1. The molecule has 0 radical (unpaired) electrons. The van der Waals surface area contributed by atoms with Crippen LogP contribution in [-0.2, 0) is 16.1 Å². The predicted octanol–water partition coefficient (Wildman–Crippen LogP) is 3.26. The lowest BCUT2D eigenvalue weighted by molar-refractivity contribution is -0.144. The molecule has 0 N–H and O–H groups in total. The first-order chi connectivity index (χ1) is 12.4. The molecular formula is C21H29FN2O2. The summed E-state index contributed by atoms with van der Waals surface area (Å²) in [4.78, 5) is 28.7. The summed E-state index contributed by atoms with van der Waals surface area (Å²) in [5.41, 5.74) is 1.22. The zero-order valence-electron chi connectivity index (χ0n) is 15.8. The number of Topliss-reactive ketones (excluding diaryl/α,β-unsaturated/α-hetero) is 1. The molecule has 2 heterocycles. The minimum Gasteiger partial charge on any atom is -0.335 e. The molecule has 1 spiro atoms. The van der Waals surface area contributed by atoms with Crippen LogP contribution >= 0.6 is 0 Å². The van der Waals surface area contributed by atoms with Crippen LogP contribution in [0, 0.1) is 17.2 Å². The van der Waals surface area contributed by atoms with Crippen molar-refractivity contribution in [3.05, 3.63) is 35.6 Å². The highest BCUT2D eigenvalue weighted by Gasteiger charge is 2.43. The van der Waals surface area contributed by atoms with Gasteiger partial charge in [0.1, 0.15) is 5.82 Å². The van der Waals surface area contributed by atoms with Crippen molar-refractivity contribution >= 4 is 11.7 Å². The van der Waals surface area contributed by atoms with E-state index in [1.165, 1.54) is 12.1 Å². The summed E-state index contributed by atoms with van der Waals surface area (Å²) in [6, 6.07) is 6.69. The zero-order chi connectivity index (χ0) is 18.7. The van der Waals surface area contributed by atoms with Crippen LogP contribution in [0.25, 0.3) is 0 Å². The van der Waals surface area contributed by atoms with Gasteiger partial charge in [-0.3, -0.25) is 14.5 Å². The van der Waals surface area contributed by atoms with Crippen molar-refractivity contribution in [2.24, 2.45) is 11.3 Å². The molecule has 2 fully saturated rings. The number of halogens is 1. The zero-order valence-corrected chi connectivity index (χ0v) is 15.8. The molecule has 3 rings (SSSR count). The third-order valence-corrected chi connectivity index (χ3v) is 5.62. The van der Waals surface area contributed by atoms with Crippen molar-refractivity contribution in [3.8, 4) is 0 Å². The largest absolute Gasteiger partial charge is 0.335 e. The Balaban J connectivity index is 1.59. The van der Waals surface area contributed by atoms with E-state index in [0.29, 0.717) is 19.5 Å². The number of nitrogens with zero attached hydrogens (tertiary/aromatic N) is 2. The number of amides is 1. The number of carbonyl (C=O) groups is 2. The fourth-order valence-corrected chi connectivity index (χ4v) is 4.37. The Kier molecular flexibility index (Phi) is 5.76. The summed E-state index contributed by atoms with van der Waals surface area (Å²) in [5, 5.41) is 0. The minimum atomic E-state index is -0.300. The van der Waals surface area contributed by atoms with Gasteiger partial charge in [-0.05, 0) is 49.4 Å². The molecule has 0 bridgehead atoms. The number of hydrogen-bond donors (Lipinski definition) is 0. The summed E-state index contributed by atoms with van der Waals surface area (Å²) in [5.74, 6) is -0.550. The van der Waals surface area contributed by atoms with E-state index in [9.17, 15) is 14.0 Å². The van der Waals surface area contributed by atoms with Gasteiger partial charge in [0.2, 0.25) is 5.78 Å². The molecule has 1 atom stereocenters. The second kappa shape index (κ2) is 7.87. The number of rotatable bonds is 5. The third-order valence-electron chi connectivity index (χ3n) is 5.62. The maximum Gasteiger partial charge on any atom is 0.289 e. The van der Waals surface area contributed by atoms with E-state index < -0.39 is 0 Å². The fourth-order valence-electron chi connectivity index (χ4n) is 4.37. The fraction of sp³-hybridized carbons (Fsp3) is 0.619. The SMILES string of the molecule is CC(C)CC(=O)C(=O)N1CC[C@]2(CCCN(Cc3ccc(F)cc3)C2)C1. The summed E-state index contributed by atoms with van der Waals surface area (Å²) in [7, 11) is 0. The Labute approximate surface area is 155 Å². The molecule has 142 valence electrons. The lowest BCUT2D eigenvalue weighted by Crippen LogP contribution is -2.45. The smallest absolute Gasteiger partial charge is 0.289 e. The first-order valence-corrected chi connectivity index (χ1v) is 9.66. The van der Waals surface area contributed by atoms with Gasteiger partial charge in [-0.1, -0.05) is 26.0 Å². The van der Waals surface area contributed by atoms with E-state index in [1.807, 2.05) is 26.0 Å². The van der Waals surface area contributed by atoms with Crippen LogP contribution in [0.3, 0.4) is 0 Å². The first kappa shape index (κ1) is 19.0. The summed E-state index contributed by atoms with van der Waals surface area (Å²) in [6.07, 6.45) is 3.50. The van der Waals surface area contributed by atoms with Crippen LogP contribution in [-0.4, -0.2) is 47.7 Å². The summed E-state index contributed by atoms with van der Waals surface area (Å²) >= 11 is 0. The standard InChI is InChI=1S/C21H29FN2O2/c1-16(2)12-19(25)20(26)24-11-9-21(15-24)8-3-10-23(14-21)13-17-4-6-18(22)7-5-17/h4-7,16H,3,8-15H2,1-2H3/t21-/m0/s1. The first-order valence-electron chi connectivity index (χ1n) is 9.66. The summed E-state index contributed by atoms with van der Waals surface area (Å²) in [6.45, 7) is 8.08. The van der Waals surface area contributed by atoms with Gasteiger partial charge < -0.3 is 4.90 Å². The minimum absolute atomic E-state index is 0.103. The summed E-state index contributed by atoms with van der Waals surface area (Å²) < 4.78 is 13.1. The van der Waals surface area contributed by atoms with Crippen LogP contribution < -0.4 is 0 Å². The maximum absolute atomic E-state index is 13.1. The quantitative estimate of drug-likeness (QED) is 0.757. The molecular weight excluding hydrogens is 331 g/mol. The highest BCUT2D eigenvalue weighted by molar-refractivity contribution is 6.36. The molecule has 0 unspecified atom stereocenters. The monoisotopic (exact) mass is 360 g/mol. The Bertz CT molecular complexity index is 658. The van der Waals surface area contributed by atoms with E-state index in [2.05, 4.69) is 4.90 Å². The molecule has 2 aliphatic heterocycles. The van der Waals surface area contributed by atoms with Crippen LogP contribution in [0.1, 0.15) is 45.1 Å². The van der Waals surface area contributed by atoms with Crippen molar-refractivity contribution in [1.29, 1.82) is 0 Å². The molecule has 1 aromatic carbocycles. The topological polar surface area (TPSA) is 40.6 Å². The van der Waals surface area contributed by atoms with Crippen molar-refractivity contribution in [1.82, 2.24) is 9.80 Å². The Hall–Kier alpha value is -1.75. The van der Waals surface area contributed by atoms with Gasteiger partial charge in [-0.25, -0.2) is 4.39 Å². The molecule has 4 nitrogen and oxygen atoms in total. The average molecular weight is 360 g/mol. The van der Waals surface area contributed by atoms with Gasteiger partial charge >= 0.3 is 0 Å². The number of ketones is 1. The normalized spacial score (nSPS) is 23.8. The Morgan fingerprint density at radius 3 is 2.54 bits per heavy atom. The van der Waals surface area contributed by atoms with Gasteiger partial charge in [-0.2, -0.15) is 0 Å². The predicted molar refractivity (Wildman–Crippen MR) is 99.0 cm³/mol. The lowest BCUT2D eigenvalue weighted by atomic mass is 9.79. The van der Waals surface area contributed by atoms with Crippen LogP contribution in [0.2, 0.25) is 0 Å². The number of hydrogen-bond acceptors (Lipinski definition) is 3.